The first-order valence-electron chi connectivity index (χ1n) is 8.12. The van der Waals surface area contributed by atoms with Gasteiger partial charge in [-0.3, -0.25) is 4.90 Å². The Labute approximate surface area is 147 Å². The second-order valence-corrected chi connectivity index (χ2v) is 5.95. The monoisotopic (exact) mass is 353 g/mol. The topological polar surface area (TPSA) is 90.3 Å². The van der Waals surface area contributed by atoms with Crippen LogP contribution < -0.4 is 10.6 Å². The van der Waals surface area contributed by atoms with Crippen molar-refractivity contribution in [2.75, 3.05) is 51.2 Å². The molecule has 7 nitrogen and oxygen atoms in total. The van der Waals surface area contributed by atoms with Crippen molar-refractivity contribution in [3.8, 4) is 0 Å². The number of ether oxygens (including phenoxy) is 1. The molecule has 0 saturated carbocycles. The molecule has 0 aromatic carbocycles. The highest BCUT2D eigenvalue weighted by atomic mass is 35.5. The minimum absolute atomic E-state index is 0.188. The second kappa shape index (κ2) is 8.96. The van der Waals surface area contributed by atoms with Crippen molar-refractivity contribution in [1.82, 2.24) is 15.2 Å². The molecule has 3 N–H and O–H groups in total. The van der Waals surface area contributed by atoms with Gasteiger partial charge in [-0.1, -0.05) is 11.6 Å². The van der Waals surface area contributed by atoms with Crippen LogP contribution in [-0.2, 0) is 4.74 Å². The summed E-state index contributed by atoms with van der Waals surface area (Å²) in [4.78, 5) is 18.6. The summed E-state index contributed by atoms with van der Waals surface area (Å²) in [5.41, 5.74) is 0.888. The highest BCUT2D eigenvalue weighted by molar-refractivity contribution is 6.37. The molecule has 0 aliphatic carbocycles. The molecular weight excluding hydrogens is 330 g/mol. The molecule has 1 aromatic heterocycles. The fourth-order valence-corrected chi connectivity index (χ4v) is 2.94. The molecule has 8 heteroatoms. The van der Waals surface area contributed by atoms with Gasteiger partial charge in [0.25, 0.3) is 0 Å². The number of carbonyl (C=O) groups excluding carboxylic acids is 1. The van der Waals surface area contributed by atoms with Gasteiger partial charge in [-0.15, -0.1) is 0 Å². The molecule has 24 heavy (non-hydrogen) atoms. The lowest BCUT2D eigenvalue weighted by Gasteiger charge is -2.27. The van der Waals surface area contributed by atoms with E-state index in [0.29, 0.717) is 17.9 Å². The normalized spacial score (nSPS) is 15.1. The van der Waals surface area contributed by atoms with Crippen LogP contribution in [0, 0.1) is 5.41 Å². The Morgan fingerprint density at radius 3 is 2.83 bits per heavy atom. The van der Waals surface area contributed by atoms with Crippen LogP contribution >= 0.6 is 11.6 Å². The van der Waals surface area contributed by atoms with E-state index in [1.165, 1.54) is 6.20 Å². The van der Waals surface area contributed by atoms with Crippen molar-refractivity contribution in [3.05, 3.63) is 22.3 Å². The molecule has 0 amide bonds. The summed E-state index contributed by atoms with van der Waals surface area (Å²) in [7, 11) is 0. The molecule has 0 atom stereocenters. The van der Waals surface area contributed by atoms with Gasteiger partial charge in [-0.05, 0) is 13.8 Å². The number of esters is 1. The third kappa shape index (κ3) is 4.66. The lowest BCUT2D eigenvalue weighted by molar-refractivity contribution is 0.0526. The van der Waals surface area contributed by atoms with Crippen LogP contribution in [0.15, 0.2) is 6.20 Å². The number of piperazine rings is 1. The van der Waals surface area contributed by atoms with E-state index >= 15 is 0 Å². The van der Waals surface area contributed by atoms with Gasteiger partial charge in [-0.2, -0.15) is 0 Å². The van der Waals surface area contributed by atoms with Crippen molar-refractivity contribution in [2.24, 2.45) is 0 Å². The number of halogens is 1. The first-order chi connectivity index (χ1) is 11.5. The van der Waals surface area contributed by atoms with Crippen LogP contribution in [0.25, 0.3) is 0 Å². The highest BCUT2D eigenvalue weighted by Crippen LogP contribution is 2.27. The summed E-state index contributed by atoms with van der Waals surface area (Å²) in [6.45, 7) is 9.25. The number of pyridine rings is 1. The number of rotatable bonds is 7. The van der Waals surface area contributed by atoms with E-state index in [1.54, 1.807) is 13.8 Å². The molecule has 1 fully saturated rings. The minimum atomic E-state index is -0.523. The fraction of sp³-hybridized carbons (Fsp3) is 0.562. The molecule has 0 spiro atoms. The minimum Gasteiger partial charge on any atom is -0.462 e. The standard InChI is InChI=1S/C16H24ClN5O2/c1-3-24-16(23)12-10-21-15(13(11(2)18)14(12)17)20-6-9-22-7-4-19-5-8-22/h10,18-19H,3-9H2,1-2H3,(H,20,21). The average Bonchev–Trinajstić information content (AvgIpc) is 2.55. The predicted molar refractivity (Wildman–Crippen MR) is 95.5 cm³/mol. The zero-order valence-corrected chi connectivity index (χ0v) is 14.9. The van der Waals surface area contributed by atoms with E-state index in [0.717, 1.165) is 32.7 Å². The van der Waals surface area contributed by atoms with Crippen LogP contribution in [0.3, 0.4) is 0 Å². The smallest absolute Gasteiger partial charge is 0.341 e. The van der Waals surface area contributed by atoms with Crippen LogP contribution in [0.1, 0.15) is 29.8 Å². The maximum Gasteiger partial charge on any atom is 0.341 e. The molecule has 1 saturated heterocycles. The fourth-order valence-electron chi connectivity index (χ4n) is 2.58. The number of carbonyl (C=O) groups is 1. The van der Waals surface area contributed by atoms with E-state index in [-0.39, 0.29) is 22.9 Å². The maximum absolute atomic E-state index is 11.9. The number of hydrogen-bond donors (Lipinski definition) is 3. The van der Waals surface area contributed by atoms with Crippen LogP contribution in [0.5, 0.6) is 0 Å². The number of anilines is 1. The van der Waals surface area contributed by atoms with Crippen molar-refractivity contribution in [2.45, 2.75) is 13.8 Å². The van der Waals surface area contributed by atoms with Crippen LogP contribution in [0.2, 0.25) is 5.02 Å². The van der Waals surface area contributed by atoms with Gasteiger partial charge in [0.1, 0.15) is 5.82 Å². The molecule has 2 heterocycles. The first-order valence-corrected chi connectivity index (χ1v) is 8.50. The molecule has 0 radical (unpaired) electrons. The largest absolute Gasteiger partial charge is 0.462 e. The highest BCUT2D eigenvalue weighted by Gasteiger charge is 2.20. The summed E-state index contributed by atoms with van der Waals surface area (Å²) in [5, 5.41) is 14.7. The van der Waals surface area contributed by atoms with Crippen molar-refractivity contribution < 1.29 is 9.53 Å². The Balaban J connectivity index is 2.09. The van der Waals surface area contributed by atoms with Crippen LogP contribution in [0.4, 0.5) is 5.82 Å². The Hall–Kier alpha value is -1.70. The summed E-state index contributed by atoms with van der Waals surface area (Å²) in [5.74, 6) is 0.000509. The maximum atomic E-state index is 11.9. The summed E-state index contributed by atoms with van der Waals surface area (Å²) in [6, 6.07) is 0. The number of hydrogen-bond acceptors (Lipinski definition) is 7. The van der Waals surface area contributed by atoms with E-state index in [9.17, 15) is 4.79 Å². The Morgan fingerprint density at radius 1 is 1.50 bits per heavy atom. The molecule has 0 unspecified atom stereocenters. The van der Waals surface area contributed by atoms with E-state index in [1.807, 2.05) is 0 Å². The van der Waals surface area contributed by atoms with Gasteiger partial charge in [0, 0.05) is 51.2 Å². The van der Waals surface area contributed by atoms with Gasteiger partial charge in [0.05, 0.1) is 22.8 Å². The molecule has 2 rings (SSSR count). The van der Waals surface area contributed by atoms with Crippen molar-refractivity contribution in [3.63, 3.8) is 0 Å². The van der Waals surface area contributed by atoms with Crippen molar-refractivity contribution in [1.29, 1.82) is 5.41 Å². The Kier molecular flexibility index (Phi) is 6.96. The summed E-state index contributed by atoms with van der Waals surface area (Å²) < 4.78 is 4.98. The Bertz CT molecular complexity index is 602. The predicted octanol–water partition coefficient (Wildman–Crippen LogP) is 1.62. The van der Waals surface area contributed by atoms with Gasteiger partial charge in [0.15, 0.2) is 0 Å². The van der Waals surface area contributed by atoms with Crippen LogP contribution in [-0.4, -0.2) is 67.4 Å². The molecule has 0 bridgehead atoms. The van der Waals surface area contributed by atoms with Gasteiger partial charge >= 0.3 is 5.97 Å². The van der Waals surface area contributed by atoms with E-state index in [4.69, 9.17) is 21.7 Å². The second-order valence-electron chi connectivity index (χ2n) is 5.57. The first kappa shape index (κ1) is 18.6. The number of aromatic nitrogens is 1. The molecular formula is C16H24ClN5O2. The van der Waals surface area contributed by atoms with E-state index in [2.05, 4.69) is 20.5 Å². The zero-order valence-electron chi connectivity index (χ0n) is 14.1. The number of nitrogens with one attached hydrogen (secondary N) is 3. The SMILES string of the molecule is CCOC(=O)c1cnc(NCCN2CCNCC2)c(C(C)=N)c1Cl. The third-order valence-electron chi connectivity index (χ3n) is 3.82. The molecule has 1 aliphatic heterocycles. The van der Waals surface area contributed by atoms with Gasteiger partial charge in [0.2, 0.25) is 0 Å². The van der Waals surface area contributed by atoms with Crippen molar-refractivity contribution >= 4 is 29.1 Å². The van der Waals surface area contributed by atoms with Gasteiger partial charge < -0.3 is 20.8 Å². The zero-order chi connectivity index (χ0) is 17.5. The summed E-state index contributed by atoms with van der Waals surface area (Å²) in [6.07, 6.45) is 1.40. The van der Waals surface area contributed by atoms with E-state index < -0.39 is 5.97 Å². The molecule has 1 aromatic rings. The summed E-state index contributed by atoms with van der Waals surface area (Å²) >= 11 is 6.33. The number of nitrogens with zero attached hydrogens (tertiary/aromatic N) is 2. The Morgan fingerprint density at radius 2 is 2.21 bits per heavy atom. The quantitative estimate of drug-likeness (QED) is 0.509. The lowest BCUT2D eigenvalue weighted by atomic mass is 10.1. The van der Waals surface area contributed by atoms with Gasteiger partial charge in [-0.25, -0.2) is 9.78 Å². The molecule has 1 aliphatic rings. The third-order valence-corrected chi connectivity index (χ3v) is 4.21. The lowest BCUT2D eigenvalue weighted by Crippen LogP contribution is -2.45. The average molecular weight is 354 g/mol. The molecule has 132 valence electrons.